The summed E-state index contributed by atoms with van der Waals surface area (Å²) in [6.07, 6.45) is 5.24. The average Bonchev–Trinajstić information content (AvgIpc) is 2.73. The van der Waals surface area contributed by atoms with Crippen LogP contribution in [0.1, 0.15) is 42.5 Å². The maximum Gasteiger partial charge on any atom is 0.339 e. The van der Waals surface area contributed by atoms with Crippen molar-refractivity contribution in [1.29, 1.82) is 0 Å². The number of amides is 1. The van der Waals surface area contributed by atoms with Gasteiger partial charge < -0.3 is 9.64 Å². The van der Waals surface area contributed by atoms with Crippen LogP contribution in [0, 0.1) is 5.92 Å². The van der Waals surface area contributed by atoms with Crippen molar-refractivity contribution in [3.8, 4) is 0 Å². The summed E-state index contributed by atoms with van der Waals surface area (Å²) in [6.45, 7) is 1.23. The number of nitrogens with zero attached hydrogens (tertiary/aromatic N) is 2. The summed E-state index contributed by atoms with van der Waals surface area (Å²) in [5.41, 5.74) is 0.0284. The van der Waals surface area contributed by atoms with Crippen LogP contribution in [0.4, 0.5) is 0 Å². The Bertz CT molecular complexity index is 794. The van der Waals surface area contributed by atoms with Gasteiger partial charge in [0.15, 0.2) is 0 Å². The number of sulfonamides is 1. The zero-order valence-electron chi connectivity index (χ0n) is 15.6. The van der Waals surface area contributed by atoms with Crippen molar-refractivity contribution in [3.63, 3.8) is 0 Å². The van der Waals surface area contributed by atoms with Crippen molar-refractivity contribution >= 4 is 21.9 Å². The normalized spacial score (nSPS) is 19.7. The summed E-state index contributed by atoms with van der Waals surface area (Å²) in [6, 6.07) is 6.05. The largest absolute Gasteiger partial charge is 0.465 e. The molecule has 1 amide bonds. The third-order valence-corrected chi connectivity index (χ3v) is 7.37. The number of benzene rings is 1. The minimum Gasteiger partial charge on any atom is -0.465 e. The van der Waals surface area contributed by atoms with Gasteiger partial charge in [-0.25, -0.2) is 13.2 Å². The third kappa shape index (κ3) is 4.16. The second kappa shape index (κ2) is 8.39. The molecule has 2 aliphatic rings. The van der Waals surface area contributed by atoms with E-state index in [4.69, 9.17) is 4.74 Å². The summed E-state index contributed by atoms with van der Waals surface area (Å²) in [7, 11) is -2.60. The number of hydrogen-bond acceptors (Lipinski definition) is 5. The molecule has 3 rings (SSSR count). The number of esters is 1. The molecule has 1 heterocycles. The first-order valence-corrected chi connectivity index (χ1v) is 10.9. The molecule has 0 aromatic heterocycles. The fourth-order valence-corrected chi connectivity index (χ4v) is 5.47. The molecule has 1 aliphatic heterocycles. The number of carbonyl (C=O) groups is 2. The zero-order valence-corrected chi connectivity index (χ0v) is 16.4. The number of rotatable bonds is 4. The van der Waals surface area contributed by atoms with Crippen LogP contribution in [0.3, 0.4) is 0 Å². The van der Waals surface area contributed by atoms with Crippen LogP contribution >= 0.6 is 0 Å². The molecule has 8 heteroatoms. The predicted octanol–water partition coefficient (Wildman–Crippen LogP) is 1.89. The molecular formula is C19H26N2O5S. The van der Waals surface area contributed by atoms with Gasteiger partial charge in [-0.3, -0.25) is 4.79 Å². The van der Waals surface area contributed by atoms with Crippen molar-refractivity contribution in [1.82, 2.24) is 9.21 Å². The Morgan fingerprint density at radius 1 is 1.00 bits per heavy atom. The first kappa shape index (κ1) is 19.8. The Labute approximate surface area is 160 Å². The van der Waals surface area contributed by atoms with Crippen molar-refractivity contribution in [2.45, 2.75) is 37.0 Å². The molecule has 1 saturated carbocycles. The van der Waals surface area contributed by atoms with Gasteiger partial charge in [0.2, 0.25) is 15.9 Å². The van der Waals surface area contributed by atoms with Gasteiger partial charge in [0, 0.05) is 32.1 Å². The van der Waals surface area contributed by atoms with E-state index in [1.807, 2.05) is 0 Å². The first-order valence-electron chi connectivity index (χ1n) is 9.41. The molecule has 2 fully saturated rings. The molecule has 0 bridgehead atoms. The summed E-state index contributed by atoms with van der Waals surface area (Å²) in [5.74, 6) is -0.441. The molecule has 0 N–H and O–H groups in total. The van der Waals surface area contributed by atoms with Gasteiger partial charge in [0.25, 0.3) is 0 Å². The van der Waals surface area contributed by atoms with Crippen LogP contribution in [0.5, 0.6) is 0 Å². The minimum absolute atomic E-state index is 0.0284. The Morgan fingerprint density at radius 3 is 2.26 bits per heavy atom. The molecule has 1 aromatic rings. The van der Waals surface area contributed by atoms with Crippen LogP contribution < -0.4 is 0 Å². The molecule has 148 valence electrons. The van der Waals surface area contributed by atoms with E-state index in [-0.39, 0.29) is 35.4 Å². The van der Waals surface area contributed by atoms with Crippen molar-refractivity contribution < 1.29 is 22.7 Å². The van der Waals surface area contributed by atoms with Crippen molar-refractivity contribution in [2.24, 2.45) is 5.92 Å². The van der Waals surface area contributed by atoms with Crippen LogP contribution in [-0.4, -0.2) is 62.8 Å². The van der Waals surface area contributed by atoms with Crippen LogP contribution in [-0.2, 0) is 19.6 Å². The van der Waals surface area contributed by atoms with E-state index in [0.29, 0.717) is 13.1 Å². The lowest BCUT2D eigenvalue weighted by molar-refractivity contribution is -0.137. The molecule has 0 atom stereocenters. The van der Waals surface area contributed by atoms with Crippen LogP contribution in [0.15, 0.2) is 29.2 Å². The Hall–Kier alpha value is -1.93. The van der Waals surface area contributed by atoms with Gasteiger partial charge in [-0.1, -0.05) is 31.4 Å². The molecule has 7 nitrogen and oxygen atoms in total. The highest BCUT2D eigenvalue weighted by Gasteiger charge is 2.34. The van der Waals surface area contributed by atoms with Gasteiger partial charge >= 0.3 is 5.97 Å². The fourth-order valence-electron chi connectivity index (χ4n) is 3.87. The minimum atomic E-state index is -3.83. The van der Waals surface area contributed by atoms with Gasteiger partial charge in [-0.15, -0.1) is 0 Å². The molecule has 1 saturated heterocycles. The van der Waals surface area contributed by atoms with Gasteiger partial charge in [-0.2, -0.15) is 4.31 Å². The van der Waals surface area contributed by atoms with Gasteiger partial charge in [0.05, 0.1) is 17.6 Å². The monoisotopic (exact) mass is 394 g/mol. The van der Waals surface area contributed by atoms with Crippen LogP contribution in [0.2, 0.25) is 0 Å². The molecule has 27 heavy (non-hydrogen) atoms. The maximum absolute atomic E-state index is 13.0. The highest BCUT2D eigenvalue weighted by molar-refractivity contribution is 7.89. The highest BCUT2D eigenvalue weighted by Crippen LogP contribution is 2.27. The van der Waals surface area contributed by atoms with E-state index in [9.17, 15) is 18.0 Å². The van der Waals surface area contributed by atoms with E-state index in [2.05, 4.69) is 0 Å². The van der Waals surface area contributed by atoms with Crippen molar-refractivity contribution in [2.75, 3.05) is 33.3 Å². The SMILES string of the molecule is COC(=O)c1ccccc1S(=O)(=O)N1CCN(C(=O)C2CCCCC2)CC1. The smallest absolute Gasteiger partial charge is 0.339 e. The maximum atomic E-state index is 13.0. The number of carbonyl (C=O) groups excluding carboxylic acids is 2. The zero-order chi connectivity index (χ0) is 19.4. The standard InChI is InChI=1S/C19H26N2O5S/c1-26-19(23)16-9-5-6-10-17(16)27(24,25)21-13-11-20(12-14-21)18(22)15-7-3-2-4-8-15/h5-6,9-10,15H,2-4,7-8,11-14H2,1H3. The average molecular weight is 394 g/mol. The topological polar surface area (TPSA) is 84.0 Å². The lowest BCUT2D eigenvalue weighted by Crippen LogP contribution is -2.52. The van der Waals surface area contributed by atoms with E-state index in [1.54, 1.807) is 17.0 Å². The van der Waals surface area contributed by atoms with Gasteiger partial charge in [-0.05, 0) is 25.0 Å². The van der Waals surface area contributed by atoms with E-state index < -0.39 is 16.0 Å². The summed E-state index contributed by atoms with van der Waals surface area (Å²) < 4.78 is 32.1. The Kier molecular flexibility index (Phi) is 6.16. The summed E-state index contributed by atoms with van der Waals surface area (Å²) in [4.78, 5) is 26.3. The quantitative estimate of drug-likeness (QED) is 0.728. The molecule has 0 spiro atoms. The lowest BCUT2D eigenvalue weighted by atomic mass is 9.88. The fraction of sp³-hybridized carbons (Fsp3) is 0.579. The van der Waals surface area contributed by atoms with E-state index in [0.717, 1.165) is 25.7 Å². The Morgan fingerprint density at radius 2 is 1.63 bits per heavy atom. The highest BCUT2D eigenvalue weighted by atomic mass is 32.2. The second-order valence-corrected chi connectivity index (χ2v) is 8.96. The molecule has 1 aliphatic carbocycles. The van der Waals surface area contributed by atoms with E-state index in [1.165, 1.54) is 30.0 Å². The third-order valence-electron chi connectivity index (χ3n) is 5.41. The molecule has 0 radical (unpaired) electrons. The number of hydrogen-bond donors (Lipinski definition) is 0. The molecule has 1 aromatic carbocycles. The first-order chi connectivity index (χ1) is 12.9. The second-order valence-electron chi connectivity index (χ2n) is 7.05. The number of methoxy groups -OCH3 is 1. The van der Waals surface area contributed by atoms with E-state index >= 15 is 0 Å². The van der Waals surface area contributed by atoms with Gasteiger partial charge in [0.1, 0.15) is 0 Å². The number of piperazine rings is 1. The summed E-state index contributed by atoms with van der Waals surface area (Å²) >= 11 is 0. The number of ether oxygens (including phenoxy) is 1. The lowest BCUT2D eigenvalue weighted by Gasteiger charge is -2.36. The van der Waals surface area contributed by atoms with Crippen molar-refractivity contribution in [3.05, 3.63) is 29.8 Å². The molecule has 0 unspecified atom stereocenters. The Balaban J connectivity index is 1.70. The summed E-state index contributed by atoms with van der Waals surface area (Å²) in [5, 5.41) is 0. The predicted molar refractivity (Wildman–Crippen MR) is 99.7 cm³/mol. The molecular weight excluding hydrogens is 368 g/mol. The van der Waals surface area contributed by atoms with Crippen LogP contribution in [0.25, 0.3) is 0 Å².